The van der Waals surface area contributed by atoms with Gasteiger partial charge in [-0.3, -0.25) is 0 Å². The van der Waals surface area contributed by atoms with Crippen LogP contribution < -0.4 is 5.32 Å². The van der Waals surface area contributed by atoms with Crippen LogP contribution in [0.2, 0.25) is 0 Å². The molecule has 30 heavy (non-hydrogen) atoms. The zero-order valence-corrected chi connectivity index (χ0v) is 16.3. The van der Waals surface area contributed by atoms with Gasteiger partial charge in [0.15, 0.2) is 0 Å². The van der Waals surface area contributed by atoms with Crippen molar-refractivity contribution in [3.8, 4) is 34.0 Å². The number of anilines is 1. The molecule has 0 saturated heterocycles. The van der Waals surface area contributed by atoms with Crippen LogP contribution in [0, 0.1) is 6.92 Å². The zero-order chi connectivity index (χ0) is 21.3. The Bertz CT molecular complexity index is 1200. The molecule has 1 N–H and O–H groups in total. The molecule has 0 atom stereocenters. The van der Waals surface area contributed by atoms with E-state index in [0.717, 1.165) is 17.3 Å². The Morgan fingerprint density at radius 3 is 2.40 bits per heavy atom. The molecule has 0 radical (unpaired) electrons. The summed E-state index contributed by atoms with van der Waals surface area (Å²) in [4.78, 5) is 4.30. The topological polar surface area (TPSA) is 51.0 Å². The molecule has 0 saturated carbocycles. The van der Waals surface area contributed by atoms with E-state index in [2.05, 4.69) is 15.5 Å². The van der Waals surface area contributed by atoms with Gasteiger partial charge >= 0.3 is 6.18 Å². The van der Waals surface area contributed by atoms with Crippen molar-refractivity contribution in [3.63, 3.8) is 0 Å². The van der Waals surface area contributed by atoms with Crippen LogP contribution >= 0.6 is 0 Å². The summed E-state index contributed by atoms with van der Waals surface area (Å²) in [5.74, 6) is 0.334. The summed E-state index contributed by atoms with van der Waals surface area (Å²) < 4.78 is 46.8. The second-order valence-corrected chi connectivity index (χ2v) is 6.83. The summed E-state index contributed by atoms with van der Waals surface area (Å²) >= 11 is 0. The number of hydrogen-bond donors (Lipinski definition) is 1. The van der Waals surface area contributed by atoms with Gasteiger partial charge in [0, 0.05) is 23.9 Å². The van der Waals surface area contributed by atoms with Gasteiger partial charge in [0.25, 0.3) is 5.89 Å². The van der Waals surface area contributed by atoms with Gasteiger partial charge in [0.1, 0.15) is 0 Å². The average molecular weight is 409 g/mol. The smallest absolute Gasteiger partial charge is 0.388 e. The van der Waals surface area contributed by atoms with Crippen LogP contribution in [0.5, 0.6) is 0 Å². The highest BCUT2D eigenvalue weighted by Crippen LogP contribution is 2.40. The fourth-order valence-electron chi connectivity index (χ4n) is 3.29. The van der Waals surface area contributed by atoms with E-state index in [0.29, 0.717) is 17.0 Å². The quantitative estimate of drug-likeness (QED) is 0.421. The van der Waals surface area contributed by atoms with Gasteiger partial charge in [-0.15, -0.1) is 0 Å². The number of nitrogens with zero attached hydrogens (tertiary/aromatic N) is 2. The monoisotopic (exact) mass is 409 g/mol. The van der Waals surface area contributed by atoms with Crippen LogP contribution in [-0.4, -0.2) is 17.2 Å². The number of alkyl halides is 3. The SMILES string of the molecule is CNc1cccc(-c2noc(-c3ccc(-c4ccccc4C)c(C(F)(F)F)c3)n2)c1. The molecule has 4 rings (SSSR count). The highest BCUT2D eigenvalue weighted by atomic mass is 19.4. The maximum atomic E-state index is 13.8. The van der Waals surface area contributed by atoms with Crippen LogP contribution in [0.25, 0.3) is 34.0 Å². The molecule has 0 fully saturated rings. The number of aromatic nitrogens is 2. The van der Waals surface area contributed by atoms with E-state index in [9.17, 15) is 13.2 Å². The predicted molar refractivity (Wildman–Crippen MR) is 110 cm³/mol. The Morgan fingerprint density at radius 2 is 1.67 bits per heavy atom. The first-order valence-electron chi connectivity index (χ1n) is 9.26. The van der Waals surface area contributed by atoms with Crippen molar-refractivity contribution in [1.29, 1.82) is 0 Å². The second kappa shape index (κ2) is 7.67. The first-order chi connectivity index (χ1) is 14.4. The van der Waals surface area contributed by atoms with Crippen molar-refractivity contribution < 1.29 is 17.7 Å². The Hall–Kier alpha value is -3.61. The van der Waals surface area contributed by atoms with E-state index in [1.807, 2.05) is 18.2 Å². The molecule has 7 heteroatoms. The molecule has 0 aliphatic rings. The molecule has 4 aromatic rings. The summed E-state index contributed by atoms with van der Waals surface area (Å²) in [6.07, 6.45) is -4.53. The second-order valence-electron chi connectivity index (χ2n) is 6.83. The highest BCUT2D eigenvalue weighted by Gasteiger charge is 2.34. The van der Waals surface area contributed by atoms with E-state index < -0.39 is 11.7 Å². The lowest BCUT2D eigenvalue weighted by Crippen LogP contribution is -2.08. The number of hydrogen-bond acceptors (Lipinski definition) is 4. The molecule has 0 spiro atoms. The normalized spacial score (nSPS) is 11.5. The van der Waals surface area contributed by atoms with E-state index in [-0.39, 0.29) is 17.0 Å². The number of halogens is 3. The lowest BCUT2D eigenvalue weighted by molar-refractivity contribution is -0.137. The van der Waals surface area contributed by atoms with Gasteiger partial charge in [-0.25, -0.2) is 0 Å². The van der Waals surface area contributed by atoms with Gasteiger partial charge in [0.2, 0.25) is 5.82 Å². The van der Waals surface area contributed by atoms with Crippen molar-refractivity contribution in [2.45, 2.75) is 13.1 Å². The first-order valence-corrected chi connectivity index (χ1v) is 9.26. The maximum Gasteiger partial charge on any atom is 0.417 e. The fraction of sp³-hybridized carbons (Fsp3) is 0.130. The van der Waals surface area contributed by atoms with E-state index >= 15 is 0 Å². The summed E-state index contributed by atoms with van der Waals surface area (Å²) in [5, 5.41) is 6.94. The molecule has 0 unspecified atom stereocenters. The molecular weight excluding hydrogens is 391 g/mol. The minimum absolute atomic E-state index is 0.0293. The van der Waals surface area contributed by atoms with Crippen molar-refractivity contribution >= 4 is 5.69 Å². The number of nitrogens with one attached hydrogen (secondary N) is 1. The van der Waals surface area contributed by atoms with Crippen molar-refractivity contribution in [2.75, 3.05) is 12.4 Å². The third-order valence-corrected chi connectivity index (χ3v) is 4.84. The molecule has 0 bridgehead atoms. The van der Waals surface area contributed by atoms with Crippen molar-refractivity contribution in [3.05, 3.63) is 77.9 Å². The molecule has 1 heterocycles. The number of benzene rings is 3. The maximum absolute atomic E-state index is 13.8. The van der Waals surface area contributed by atoms with Gasteiger partial charge < -0.3 is 9.84 Å². The summed E-state index contributed by atoms with van der Waals surface area (Å²) in [7, 11) is 1.79. The third-order valence-electron chi connectivity index (χ3n) is 4.84. The van der Waals surface area contributed by atoms with Crippen LogP contribution in [0.1, 0.15) is 11.1 Å². The van der Waals surface area contributed by atoms with Crippen LogP contribution in [0.4, 0.5) is 18.9 Å². The molecule has 1 aromatic heterocycles. The molecule has 152 valence electrons. The molecule has 4 nitrogen and oxygen atoms in total. The first kappa shape index (κ1) is 19.7. The lowest BCUT2D eigenvalue weighted by Gasteiger charge is -2.15. The zero-order valence-electron chi connectivity index (χ0n) is 16.3. The predicted octanol–water partition coefficient (Wildman–Crippen LogP) is 6.44. The minimum Gasteiger partial charge on any atom is -0.388 e. The lowest BCUT2D eigenvalue weighted by atomic mass is 9.94. The summed E-state index contributed by atoms with van der Waals surface area (Å²) in [6, 6.07) is 18.4. The third kappa shape index (κ3) is 3.78. The van der Waals surface area contributed by atoms with E-state index in [1.54, 1.807) is 50.4 Å². The Balaban J connectivity index is 1.78. The van der Waals surface area contributed by atoms with Crippen LogP contribution in [0.3, 0.4) is 0 Å². The molecule has 0 amide bonds. The molecule has 0 aliphatic carbocycles. The Kier molecular flexibility index (Phi) is 5.03. The summed E-state index contributed by atoms with van der Waals surface area (Å²) in [6.45, 7) is 1.78. The fourth-order valence-corrected chi connectivity index (χ4v) is 3.29. The minimum atomic E-state index is -4.53. The van der Waals surface area contributed by atoms with Crippen molar-refractivity contribution in [2.24, 2.45) is 0 Å². The van der Waals surface area contributed by atoms with Crippen LogP contribution in [-0.2, 0) is 6.18 Å². The van der Waals surface area contributed by atoms with Crippen molar-refractivity contribution in [1.82, 2.24) is 10.1 Å². The van der Waals surface area contributed by atoms with E-state index in [1.165, 1.54) is 6.07 Å². The standard InChI is InChI=1S/C23H18F3N3O/c1-14-6-3-4-9-18(14)19-11-10-16(13-20(19)23(24,25)26)22-28-21(29-30-22)15-7-5-8-17(12-15)27-2/h3-13,27H,1-2H3. The van der Waals surface area contributed by atoms with Gasteiger partial charge in [-0.05, 0) is 47.9 Å². The highest BCUT2D eigenvalue weighted by molar-refractivity contribution is 5.74. The molecular formula is C23H18F3N3O. The van der Waals surface area contributed by atoms with Gasteiger partial charge in [-0.1, -0.05) is 47.6 Å². The summed E-state index contributed by atoms with van der Waals surface area (Å²) in [5.41, 5.74) is 2.44. The Labute approximate surface area is 171 Å². The largest absolute Gasteiger partial charge is 0.417 e. The average Bonchev–Trinajstić information content (AvgIpc) is 3.23. The number of aryl methyl sites for hydroxylation is 1. The molecule has 3 aromatic carbocycles. The Morgan fingerprint density at radius 1 is 0.867 bits per heavy atom. The number of rotatable bonds is 4. The van der Waals surface area contributed by atoms with Crippen LogP contribution in [0.15, 0.2) is 71.3 Å². The van der Waals surface area contributed by atoms with Gasteiger partial charge in [-0.2, -0.15) is 18.2 Å². The van der Waals surface area contributed by atoms with E-state index in [4.69, 9.17) is 4.52 Å². The van der Waals surface area contributed by atoms with Gasteiger partial charge in [0.05, 0.1) is 5.56 Å². The molecule has 0 aliphatic heterocycles.